The monoisotopic (exact) mass is 219 g/mol. The Hall–Kier alpha value is -1.55. The van der Waals surface area contributed by atoms with Gasteiger partial charge in [0.2, 0.25) is 0 Å². The SMILES string of the molecule is CCC1(C)NC(=O)N(c2cccc(C)c2)N1. The smallest absolute Gasteiger partial charge is 0.317 e. The van der Waals surface area contributed by atoms with Crippen LogP contribution in [0.3, 0.4) is 0 Å². The highest BCUT2D eigenvalue weighted by molar-refractivity contribution is 5.93. The van der Waals surface area contributed by atoms with Crippen LogP contribution in [-0.4, -0.2) is 11.7 Å². The number of carbonyl (C=O) groups is 1. The minimum atomic E-state index is -0.346. The molecule has 4 nitrogen and oxygen atoms in total. The molecule has 2 rings (SSSR count). The van der Waals surface area contributed by atoms with Gasteiger partial charge in [0.05, 0.1) is 5.69 Å². The highest BCUT2D eigenvalue weighted by atomic mass is 16.2. The van der Waals surface area contributed by atoms with Gasteiger partial charge in [0.15, 0.2) is 0 Å². The number of hydrogen-bond donors (Lipinski definition) is 2. The number of rotatable bonds is 2. The number of urea groups is 1. The van der Waals surface area contributed by atoms with Gasteiger partial charge < -0.3 is 5.32 Å². The lowest BCUT2D eigenvalue weighted by Crippen LogP contribution is -2.47. The number of hydrazine groups is 1. The van der Waals surface area contributed by atoms with E-state index in [1.807, 2.05) is 45.0 Å². The zero-order valence-electron chi connectivity index (χ0n) is 9.87. The van der Waals surface area contributed by atoms with Crippen LogP contribution >= 0.6 is 0 Å². The van der Waals surface area contributed by atoms with Crippen LogP contribution in [-0.2, 0) is 0 Å². The molecule has 0 bridgehead atoms. The Labute approximate surface area is 95.6 Å². The van der Waals surface area contributed by atoms with Crippen molar-refractivity contribution >= 4 is 11.7 Å². The minimum absolute atomic E-state index is 0.102. The number of benzene rings is 1. The predicted octanol–water partition coefficient (Wildman–Crippen LogP) is 2.16. The zero-order valence-corrected chi connectivity index (χ0v) is 9.87. The summed E-state index contributed by atoms with van der Waals surface area (Å²) in [6.45, 7) is 6.02. The van der Waals surface area contributed by atoms with Crippen LogP contribution in [0.25, 0.3) is 0 Å². The molecular formula is C12H17N3O. The van der Waals surface area contributed by atoms with E-state index in [4.69, 9.17) is 0 Å². The van der Waals surface area contributed by atoms with Crippen LogP contribution in [0, 0.1) is 6.92 Å². The Morgan fingerprint density at radius 2 is 2.19 bits per heavy atom. The molecule has 0 spiro atoms. The Morgan fingerprint density at radius 3 is 2.75 bits per heavy atom. The quantitative estimate of drug-likeness (QED) is 0.800. The molecule has 1 heterocycles. The molecule has 1 fully saturated rings. The second-order valence-electron chi connectivity index (χ2n) is 4.40. The Morgan fingerprint density at radius 1 is 1.44 bits per heavy atom. The Bertz CT molecular complexity index is 418. The summed E-state index contributed by atoms with van der Waals surface area (Å²) in [5.74, 6) is 0. The zero-order chi connectivity index (χ0) is 11.8. The molecule has 4 heteroatoms. The maximum Gasteiger partial charge on any atom is 0.338 e. The first-order chi connectivity index (χ1) is 7.54. The molecule has 1 atom stereocenters. The van der Waals surface area contributed by atoms with E-state index in [-0.39, 0.29) is 11.7 Å². The molecule has 1 aromatic carbocycles. The van der Waals surface area contributed by atoms with Crippen molar-refractivity contribution in [3.8, 4) is 0 Å². The van der Waals surface area contributed by atoms with Crippen LogP contribution in [0.2, 0.25) is 0 Å². The van der Waals surface area contributed by atoms with E-state index in [1.54, 1.807) is 5.01 Å². The number of amides is 2. The molecule has 0 aromatic heterocycles. The Balaban J connectivity index is 2.27. The molecule has 1 aromatic rings. The summed E-state index contributed by atoms with van der Waals surface area (Å²) in [6, 6.07) is 7.75. The van der Waals surface area contributed by atoms with Gasteiger partial charge in [-0.05, 0) is 38.0 Å². The van der Waals surface area contributed by atoms with Gasteiger partial charge in [-0.3, -0.25) is 0 Å². The van der Waals surface area contributed by atoms with E-state index in [0.717, 1.165) is 17.7 Å². The number of nitrogens with one attached hydrogen (secondary N) is 2. The van der Waals surface area contributed by atoms with Crippen LogP contribution in [0.5, 0.6) is 0 Å². The molecule has 86 valence electrons. The molecule has 16 heavy (non-hydrogen) atoms. The van der Waals surface area contributed by atoms with Crippen molar-refractivity contribution in [2.75, 3.05) is 5.01 Å². The summed E-state index contributed by atoms with van der Waals surface area (Å²) >= 11 is 0. The standard InChI is InChI=1S/C12H17N3O/c1-4-12(3)13-11(16)15(14-12)10-7-5-6-9(2)8-10/h5-8,14H,4H2,1-3H3,(H,13,16). The van der Waals surface area contributed by atoms with E-state index in [1.165, 1.54) is 0 Å². The van der Waals surface area contributed by atoms with E-state index < -0.39 is 0 Å². The summed E-state index contributed by atoms with van der Waals surface area (Å²) in [5.41, 5.74) is 4.84. The Kier molecular flexibility index (Phi) is 2.59. The summed E-state index contributed by atoms with van der Waals surface area (Å²) in [7, 11) is 0. The second-order valence-corrected chi connectivity index (χ2v) is 4.40. The van der Waals surface area contributed by atoms with E-state index in [9.17, 15) is 4.79 Å². The number of nitrogens with zero attached hydrogens (tertiary/aromatic N) is 1. The van der Waals surface area contributed by atoms with Gasteiger partial charge in [-0.2, -0.15) is 0 Å². The van der Waals surface area contributed by atoms with Gasteiger partial charge >= 0.3 is 6.03 Å². The van der Waals surface area contributed by atoms with E-state index in [0.29, 0.717) is 0 Å². The van der Waals surface area contributed by atoms with Gasteiger partial charge in [-0.1, -0.05) is 19.1 Å². The molecule has 1 aliphatic rings. The van der Waals surface area contributed by atoms with Crippen molar-refractivity contribution in [1.82, 2.24) is 10.7 Å². The lowest BCUT2D eigenvalue weighted by molar-refractivity contribution is 0.247. The maximum absolute atomic E-state index is 11.8. The summed E-state index contributed by atoms with van der Waals surface area (Å²) in [4.78, 5) is 11.8. The van der Waals surface area contributed by atoms with E-state index in [2.05, 4.69) is 10.7 Å². The molecule has 0 aliphatic carbocycles. The average Bonchev–Trinajstić information content (AvgIpc) is 2.55. The third kappa shape index (κ3) is 1.88. The molecular weight excluding hydrogens is 202 g/mol. The van der Waals surface area contributed by atoms with E-state index >= 15 is 0 Å². The van der Waals surface area contributed by atoms with Gasteiger partial charge in [-0.25, -0.2) is 15.2 Å². The van der Waals surface area contributed by atoms with Crippen LogP contribution in [0.15, 0.2) is 24.3 Å². The van der Waals surface area contributed by atoms with Crippen molar-refractivity contribution in [2.24, 2.45) is 0 Å². The number of aryl methyl sites for hydroxylation is 1. The number of carbonyl (C=O) groups excluding carboxylic acids is 1. The van der Waals surface area contributed by atoms with Crippen molar-refractivity contribution in [3.05, 3.63) is 29.8 Å². The highest BCUT2D eigenvalue weighted by Gasteiger charge is 2.37. The summed E-state index contributed by atoms with van der Waals surface area (Å²) in [6.07, 6.45) is 0.834. The first-order valence-corrected chi connectivity index (χ1v) is 5.51. The third-order valence-electron chi connectivity index (χ3n) is 2.91. The van der Waals surface area contributed by atoms with Crippen molar-refractivity contribution in [2.45, 2.75) is 32.9 Å². The van der Waals surface area contributed by atoms with Crippen molar-refractivity contribution < 1.29 is 4.79 Å². The van der Waals surface area contributed by atoms with Gasteiger partial charge in [0.1, 0.15) is 5.66 Å². The molecule has 1 aliphatic heterocycles. The fourth-order valence-corrected chi connectivity index (χ4v) is 1.73. The summed E-state index contributed by atoms with van der Waals surface area (Å²) < 4.78 is 0. The molecule has 1 saturated heterocycles. The fraction of sp³-hybridized carbons (Fsp3) is 0.417. The maximum atomic E-state index is 11.8. The molecule has 1 unspecified atom stereocenters. The molecule has 0 radical (unpaired) electrons. The largest absolute Gasteiger partial charge is 0.338 e. The number of hydrogen-bond acceptors (Lipinski definition) is 2. The van der Waals surface area contributed by atoms with Crippen molar-refractivity contribution in [1.29, 1.82) is 0 Å². The highest BCUT2D eigenvalue weighted by Crippen LogP contribution is 2.21. The van der Waals surface area contributed by atoms with Gasteiger partial charge in [0, 0.05) is 0 Å². The fourth-order valence-electron chi connectivity index (χ4n) is 1.73. The average molecular weight is 219 g/mol. The molecule has 2 N–H and O–H groups in total. The topological polar surface area (TPSA) is 44.4 Å². The summed E-state index contributed by atoms with van der Waals surface area (Å²) in [5, 5.41) is 4.49. The lowest BCUT2D eigenvalue weighted by atomic mass is 10.2. The van der Waals surface area contributed by atoms with Gasteiger partial charge in [0.25, 0.3) is 0 Å². The van der Waals surface area contributed by atoms with Gasteiger partial charge in [-0.15, -0.1) is 0 Å². The molecule has 2 amide bonds. The number of anilines is 1. The van der Waals surface area contributed by atoms with Crippen LogP contribution in [0.1, 0.15) is 25.8 Å². The first kappa shape index (κ1) is 11.0. The first-order valence-electron chi connectivity index (χ1n) is 5.51. The molecule has 0 saturated carbocycles. The second kappa shape index (κ2) is 3.79. The lowest BCUT2D eigenvalue weighted by Gasteiger charge is -2.23. The van der Waals surface area contributed by atoms with Crippen LogP contribution < -0.4 is 15.8 Å². The van der Waals surface area contributed by atoms with Crippen LogP contribution in [0.4, 0.5) is 10.5 Å². The predicted molar refractivity (Wildman–Crippen MR) is 64.0 cm³/mol. The normalized spacial score (nSPS) is 24.7. The minimum Gasteiger partial charge on any atom is -0.317 e. The third-order valence-corrected chi connectivity index (χ3v) is 2.91. The van der Waals surface area contributed by atoms with Crippen molar-refractivity contribution in [3.63, 3.8) is 0 Å².